The smallest absolute Gasteiger partial charge is 0.409 e. The first-order valence-corrected chi connectivity index (χ1v) is 11.4. The minimum absolute atomic E-state index is 0.207. The van der Waals surface area contributed by atoms with Crippen LogP contribution in [0.15, 0.2) is 29.3 Å². The van der Waals surface area contributed by atoms with Crippen molar-refractivity contribution in [2.24, 2.45) is 4.99 Å². The van der Waals surface area contributed by atoms with Crippen LogP contribution in [0.2, 0.25) is 0 Å². The number of rotatable bonds is 9. The van der Waals surface area contributed by atoms with Crippen LogP contribution in [0.25, 0.3) is 0 Å². The van der Waals surface area contributed by atoms with E-state index in [1.165, 1.54) is 11.1 Å². The fourth-order valence-electron chi connectivity index (χ4n) is 3.65. The maximum absolute atomic E-state index is 11.9. The van der Waals surface area contributed by atoms with Gasteiger partial charge in [0.05, 0.1) is 13.2 Å². The fourth-order valence-corrected chi connectivity index (χ4v) is 3.65. The molecule has 2 rings (SSSR count). The first kappa shape index (κ1) is 24.0. The van der Waals surface area contributed by atoms with Crippen molar-refractivity contribution in [3.8, 4) is 0 Å². The summed E-state index contributed by atoms with van der Waals surface area (Å²) in [6.45, 7) is 14.7. The molecular formula is C23H39N5O2. The number of aliphatic imine (C=N–C) groups is 1. The van der Waals surface area contributed by atoms with Crippen molar-refractivity contribution in [1.82, 2.24) is 20.4 Å². The number of guanidine groups is 1. The number of piperidine rings is 1. The lowest BCUT2D eigenvalue weighted by molar-refractivity contribution is 0.0963. The molecule has 0 spiro atoms. The molecule has 2 N–H and O–H groups in total. The largest absolute Gasteiger partial charge is 0.450 e. The van der Waals surface area contributed by atoms with E-state index >= 15 is 0 Å². The molecule has 1 amide bonds. The molecule has 30 heavy (non-hydrogen) atoms. The Bertz CT molecular complexity index is 667. The summed E-state index contributed by atoms with van der Waals surface area (Å²) < 4.78 is 5.11. The monoisotopic (exact) mass is 417 g/mol. The first-order valence-electron chi connectivity index (χ1n) is 11.4. The van der Waals surface area contributed by atoms with Crippen LogP contribution in [0.3, 0.4) is 0 Å². The lowest BCUT2D eigenvalue weighted by Crippen LogP contribution is -2.49. The second-order valence-electron chi connectivity index (χ2n) is 7.53. The van der Waals surface area contributed by atoms with E-state index in [2.05, 4.69) is 60.6 Å². The Hall–Kier alpha value is -2.28. The van der Waals surface area contributed by atoms with E-state index < -0.39 is 0 Å². The maximum Gasteiger partial charge on any atom is 0.409 e. The van der Waals surface area contributed by atoms with Crippen LogP contribution in [0.5, 0.6) is 0 Å². The maximum atomic E-state index is 11.9. The topological polar surface area (TPSA) is 69.2 Å². The number of ether oxygens (including phenoxy) is 1. The Morgan fingerprint density at radius 2 is 1.80 bits per heavy atom. The number of carbonyl (C=O) groups excluding carboxylic acids is 1. The number of carbonyl (C=O) groups is 1. The number of hydrogen-bond acceptors (Lipinski definition) is 4. The molecule has 1 heterocycles. The van der Waals surface area contributed by atoms with Crippen LogP contribution in [0.4, 0.5) is 4.79 Å². The summed E-state index contributed by atoms with van der Waals surface area (Å²) in [5.74, 6) is 0.838. The predicted molar refractivity (Wildman–Crippen MR) is 123 cm³/mol. The summed E-state index contributed by atoms with van der Waals surface area (Å²) in [6.07, 6.45) is 1.57. The summed E-state index contributed by atoms with van der Waals surface area (Å²) in [4.78, 5) is 20.9. The molecule has 0 saturated carbocycles. The summed E-state index contributed by atoms with van der Waals surface area (Å²) in [5.41, 5.74) is 2.60. The summed E-state index contributed by atoms with van der Waals surface area (Å²) >= 11 is 0. The van der Waals surface area contributed by atoms with Gasteiger partial charge in [-0.05, 0) is 50.9 Å². The predicted octanol–water partition coefficient (Wildman–Crippen LogP) is 3.20. The molecule has 1 fully saturated rings. The van der Waals surface area contributed by atoms with Gasteiger partial charge in [0.25, 0.3) is 0 Å². The molecule has 0 unspecified atom stereocenters. The number of likely N-dealkylation sites (tertiary alicyclic amines) is 1. The minimum Gasteiger partial charge on any atom is -0.450 e. The second-order valence-corrected chi connectivity index (χ2v) is 7.53. The molecule has 7 heteroatoms. The van der Waals surface area contributed by atoms with Gasteiger partial charge in [0.2, 0.25) is 0 Å². The highest BCUT2D eigenvalue weighted by Gasteiger charge is 2.24. The molecule has 0 bridgehead atoms. The Balaban J connectivity index is 1.96. The SMILES string of the molecule is CCNC(=NCc1ccccc1CN(CC)CC)NC1CCN(C(=O)OCC)CC1. The average Bonchev–Trinajstić information content (AvgIpc) is 2.77. The standard InChI is InChI=1S/C23H39N5O2/c1-5-24-22(26-21-13-15-28(16-14-21)23(29)30-8-4)25-17-19-11-9-10-12-20(19)18-27(6-2)7-3/h9-12,21H,5-8,13-18H2,1-4H3,(H2,24,25,26). The molecule has 1 aromatic carbocycles. The van der Waals surface area contributed by atoms with Crippen molar-refractivity contribution in [1.29, 1.82) is 0 Å². The molecule has 0 atom stereocenters. The van der Waals surface area contributed by atoms with Gasteiger partial charge in [-0.15, -0.1) is 0 Å². The van der Waals surface area contributed by atoms with Crippen LogP contribution in [-0.2, 0) is 17.8 Å². The minimum atomic E-state index is -0.207. The van der Waals surface area contributed by atoms with E-state index in [0.29, 0.717) is 32.3 Å². The molecule has 1 aliphatic rings. The van der Waals surface area contributed by atoms with Gasteiger partial charge in [-0.3, -0.25) is 4.90 Å². The van der Waals surface area contributed by atoms with E-state index in [1.807, 2.05) is 6.92 Å². The third kappa shape index (κ3) is 7.52. The van der Waals surface area contributed by atoms with Crippen molar-refractivity contribution in [2.45, 2.75) is 59.7 Å². The van der Waals surface area contributed by atoms with Crippen LogP contribution in [0, 0.1) is 0 Å². The lowest BCUT2D eigenvalue weighted by Gasteiger charge is -2.32. The fraction of sp³-hybridized carbons (Fsp3) is 0.652. The molecular weight excluding hydrogens is 378 g/mol. The highest BCUT2D eigenvalue weighted by atomic mass is 16.6. The highest BCUT2D eigenvalue weighted by molar-refractivity contribution is 5.80. The number of hydrogen-bond donors (Lipinski definition) is 2. The second kappa shape index (κ2) is 13.1. The molecule has 168 valence electrons. The number of benzene rings is 1. The van der Waals surface area contributed by atoms with Crippen molar-refractivity contribution in [2.75, 3.05) is 39.3 Å². The van der Waals surface area contributed by atoms with Gasteiger partial charge >= 0.3 is 6.09 Å². The Morgan fingerprint density at radius 3 is 2.40 bits per heavy atom. The number of amides is 1. The van der Waals surface area contributed by atoms with Crippen molar-refractivity contribution in [3.05, 3.63) is 35.4 Å². The van der Waals surface area contributed by atoms with Gasteiger partial charge in [-0.2, -0.15) is 0 Å². The van der Waals surface area contributed by atoms with E-state index in [1.54, 1.807) is 4.90 Å². The van der Waals surface area contributed by atoms with Gasteiger partial charge in [0.1, 0.15) is 0 Å². The van der Waals surface area contributed by atoms with Crippen LogP contribution in [0.1, 0.15) is 51.7 Å². The van der Waals surface area contributed by atoms with Gasteiger partial charge in [0.15, 0.2) is 5.96 Å². The first-order chi connectivity index (χ1) is 14.6. The third-order valence-electron chi connectivity index (χ3n) is 5.52. The molecule has 0 radical (unpaired) electrons. The number of nitrogens with zero attached hydrogens (tertiary/aromatic N) is 3. The number of nitrogens with one attached hydrogen (secondary N) is 2. The Labute approximate surface area is 181 Å². The zero-order chi connectivity index (χ0) is 21.8. The summed E-state index contributed by atoms with van der Waals surface area (Å²) in [5, 5.41) is 6.91. The Morgan fingerprint density at radius 1 is 1.13 bits per heavy atom. The van der Waals surface area contributed by atoms with Crippen molar-refractivity contribution < 1.29 is 9.53 Å². The highest BCUT2D eigenvalue weighted by Crippen LogP contribution is 2.14. The Kier molecular flexibility index (Phi) is 10.5. The van der Waals surface area contributed by atoms with E-state index in [4.69, 9.17) is 9.73 Å². The molecule has 1 aliphatic heterocycles. The average molecular weight is 418 g/mol. The molecule has 0 aromatic heterocycles. The molecule has 7 nitrogen and oxygen atoms in total. The van der Waals surface area contributed by atoms with E-state index in [-0.39, 0.29) is 6.09 Å². The van der Waals surface area contributed by atoms with E-state index in [9.17, 15) is 4.79 Å². The van der Waals surface area contributed by atoms with Crippen LogP contribution in [-0.4, -0.2) is 67.2 Å². The molecule has 1 aromatic rings. The molecule has 0 aliphatic carbocycles. The zero-order valence-corrected chi connectivity index (χ0v) is 19.1. The van der Waals surface area contributed by atoms with Crippen molar-refractivity contribution >= 4 is 12.1 Å². The lowest BCUT2D eigenvalue weighted by atomic mass is 10.1. The van der Waals surface area contributed by atoms with Gasteiger partial charge < -0.3 is 20.3 Å². The zero-order valence-electron chi connectivity index (χ0n) is 19.1. The third-order valence-corrected chi connectivity index (χ3v) is 5.52. The van der Waals surface area contributed by atoms with Crippen LogP contribution >= 0.6 is 0 Å². The van der Waals surface area contributed by atoms with Gasteiger partial charge in [-0.1, -0.05) is 38.1 Å². The summed E-state index contributed by atoms with van der Waals surface area (Å²) in [7, 11) is 0. The molecule has 1 saturated heterocycles. The quantitative estimate of drug-likeness (QED) is 0.477. The van der Waals surface area contributed by atoms with E-state index in [0.717, 1.165) is 45.0 Å². The summed E-state index contributed by atoms with van der Waals surface area (Å²) in [6, 6.07) is 8.87. The van der Waals surface area contributed by atoms with Gasteiger partial charge in [0, 0.05) is 32.2 Å². The normalized spacial score (nSPS) is 15.4. The van der Waals surface area contributed by atoms with Crippen molar-refractivity contribution in [3.63, 3.8) is 0 Å². The van der Waals surface area contributed by atoms with Gasteiger partial charge in [-0.25, -0.2) is 9.79 Å². The van der Waals surface area contributed by atoms with Crippen LogP contribution < -0.4 is 10.6 Å².